The van der Waals surface area contributed by atoms with Gasteiger partial charge in [-0.3, -0.25) is 10.00 Å². The molecule has 0 aliphatic carbocycles. The first-order valence-electron chi connectivity index (χ1n) is 13.9. The predicted octanol–water partition coefficient (Wildman–Crippen LogP) is 8.10. The third-order valence-electron chi connectivity index (χ3n) is 7.82. The maximum atomic E-state index is 14.1. The zero-order chi connectivity index (χ0) is 27.6. The van der Waals surface area contributed by atoms with Gasteiger partial charge in [0.05, 0.1) is 11.2 Å². The molecule has 5 aromatic rings. The van der Waals surface area contributed by atoms with Gasteiger partial charge >= 0.3 is 0 Å². The molecule has 1 fully saturated rings. The highest BCUT2D eigenvalue weighted by atomic mass is 19.1. The molecular weight excluding hydrogens is 497 g/mol. The normalized spacial score (nSPS) is 15.2. The van der Waals surface area contributed by atoms with Crippen molar-refractivity contribution in [1.29, 1.82) is 0 Å². The van der Waals surface area contributed by atoms with Gasteiger partial charge in [0.25, 0.3) is 0 Å². The van der Waals surface area contributed by atoms with Gasteiger partial charge in [-0.1, -0.05) is 49.4 Å². The van der Waals surface area contributed by atoms with Crippen molar-refractivity contribution in [3.05, 3.63) is 102 Å². The summed E-state index contributed by atoms with van der Waals surface area (Å²) in [6.07, 6.45) is 10.3. The molecule has 0 radical (unpaired) electrons. The number of aromatic nitrogens is 3. The number of anilines is 1. The third-order valence-corrected chi connectivity index (χ3v) is 7.82. The van der Waals surface area contributed by atoms with Gasteiger partial charge in [0, 0.05) is 28.5 Å². The molecule has 0 bridgehead atoms. The van der Waals surface area contributed by atoms with Crippen molar-refractivity contribution >= 4 is 33.1 Å². The van der Waals surface area contributed by atoms with Crippen LogP contribution in [0.25, 0.3) is 49.9 Å². The summed E-state index contributed by atoms with van der Waals surface area (Å²) >= 11 is 0. The number of likely N-dealkylation sites (tertiary alicyclic amines) is 1. The zero-order valence-corrected chi connectivity index (χ0v) is 22.8. The van der Waals surface area contributed by atoms with Crippen LogP contribution in [0.15, 0.2) is 91.0 Å². The van der Waals surface area contributed by atoms with Crippen molar-refractivity contribution in [3.63, 3.8) is 0 Å². The summed E-state index contributed by atoms with van der Waals surface area (Å²) in [5.41, 5.74) is 15.2. The molecule has 4 N–H and O–H groups in total. The minimum atomic E-state index is -0.349. The predicted molar refractivity (Wildman–Crippen MR) is 165 cm³/mol. The molecule has 40 heavy (non-hydrogen) atoms. The van der Waals surface area contributed by atoms with Gasteiger partial charge in [-0.05, 0) is 103 Å². The lowest BCUT2D eigenvalue weighted by atomic mass is 9.99. The summed E-state index contributed by atoms with van der Waals surface area (Å²) in [4.78, 5) is 6.04. The maximum Gasteiger partial charge on any atom is 0.125 e. The second-order valence-electron chi connectivity index (χ2n) is 10.6. The Morgan fingerprint density at radius 1 is 1.02 bits per heavy atom. The van der Waals surface area contributed by atoms with Gasteiger partial charge in [-0.2, -0.15) is 5.10 Å². The monoisotopic (exact) mass is 531 g/mol. The van der Waals surface area contributed by atoms with Gasteiger partial charge < -0.3 is 10.7 Å². The Bertz CT molecular complexity index is 1740. The highest BCUT2D eigenvalue weighted by Crippen LogP contribution is 2.35. The molecule has 0 unspecified atom stereocenters. The number of fused-ring (bicyclic) bond motifs is 2. The summed E-state index contributed by atoms with van der Waals surface area (Å²) < 4.78 is 14.1. The molecule has 0 atom stereocenters. The van der Waals surface area contributed by atoms with Crippen LogP contribution in [0.4, 0.5) is 10.1 Å². The number of allylic oxidation sites excluding steroid dienone is 3. The van der Waals surface area contributed by atoms with E-state index in [9.17, 15) is 4.39 Å². The van der Waals surface area contributed by atoms with Crippen molar-refractivity contribution < 1.29 is 4.39 Å². The molecular formula is C34H34FN5. The number of benzene rings is 3. The van der Waals surface area contributed by atoms with Gasteiger partial charge in [-0.15, -0.1) is 0 Å². The van der Waals surface area contributed by atoms with Crippen LogP contribution >= 0.6 is 0 Å². The Labute approximate surface area is 233 Å². The number of nitrogens with one attached hydrogen (secondary N) is 2. The van der Waals surface area contributed by atoms with Crippen LogP contribution in [0, 0.1) is 5.82 Å². The molecule has 5 nitrogen and oxygen atoms in total. The van der Waals surface area contributed by atoms with Gasteiger partial charge in [0.2, 0.25) is 0 Å². The highest BCUT2D eigenvalue weighted by molar-refractivity contribution is 6.02. The van der Waals surface area contributed by atoms with Gasteiger partial charge in [-0.25, -0.2) is 4.39 Å². The number of halogens is 1. The lowest BCUT2D eigenvalue weighted by Gasteiger charge is -2.26. The molecule has 0 saturated carbocycles. The molecule has 0 amide bonds. The average molecular weight is 532 g/mol. The molecule has 2 aromatic heterocycles. The third kappa shape index (κ3) is 5.10. The first-order chi connectivity index (χ1) is 19.5. The molecule has 3 heterocycles. The van der Waals surface area contributed by atoms with Crippen LogP contribution in [-0.2, 0) is 0 Å². The van der Waals surface area contributed by atoms with Crippen molar-refractivity contribution in [2.75, 3.05) is 25.4 Å². The van der Waals surface area contributed by atoms with Crippen LogP contribution in [0.5, 0.6) is 0 Å². The van der Waals surface area contributed by atoms with E-state index in [1.807, 2.05) is 24.3 Å². The van der Waals surface area contributed by atoms with Crippen LogP contribution in [0.3, 0.4) is 0 Å². The van der Waals surface area contributed by atoms with E-state index in [1.54, 1.807) is 6.07 Å². The van der Waals surface area contributed by atoms with Crippen molar-refractivity contribution in [2.24, 2.45) is 0 Å². The smallest absolute Gasteiger partial charge is 0.125 e. The second-order valence-corrected chi connectivity index (χ2v) is 10.6. The zero-order valence-electron chi connectivity index (χ0n) is 22.8. The van der Waals surface area contributed by atoms with E-state index < -0.39 is 0 Å². The first kappa shape index (κ1) is 25.8. The van der Waals surface area contributed by atoms with Gasteiger partial charge in [0.1, 0.15) is 11.5 Å². The van der Waals surface area contributed by atoms with E-state index in [1.165, 1.54) is 37.0 Å². The Balaban J connectivity index is 1.37. The van der Waals surface area contributed by atoms with Crippen LogP contribution in [0.2, 0.25) is 0 Å². The standard InChI is InChI=1S/C34H34FN5/c1-3-22(21-40-13-6-5-7-14-40)15-23(4-2)24-11-12-32-30(18-24)34(39-38-32)33-20-29-28(9-8-10-31(29)37-33)25-16-26(35)19-27(36)17-25/h3-4,8-12,15-20,37H,1,5-7,13-14,21,36H2,2H3,(H,38,39)/b22-15+,23-4+. The lowest BCUT2D eigenvalue weighted by molar-refractivity contribution is 0.248. The molecule has 1 saturated heterocycles. The van der Waals surface area contributed by atoms with Crippen LogP contribution in [0.1, 0.15) is 31.7 Å². The Morgan fingerprint density at radius 3 is 2.65 bits per heavy atom. The lowest BCUT2D eigenvalue weighted by Crippen LogP contribution is -2.31. The fraction of sp³-hybridized carbons (Fsp3) is 0.206. The number of nitrogen functional groups attached to an aromatic ring is 1. The molecule has 1 aliphatic rings. The highest BCUT2D eigenvalue weighted by Gasteiger charge is 2.16. The van der Waals surface area contributed by atoms with E-state index >= 15 is 0 Å². The number of rotatable bonds is 7. The van der Waals surface area contributed by atoms with E-state index in [0.29, 0.717) is 5.69 Å². The number of nitrogens with zero attached hydrogens (tertiary/aromatic N) is 2. The van der Waals surface area contributed by atoms with E-state index in [-0.39, 0.29) is 5.82 Å². The second kappa shape index (κ2) is 11.0. The molecule has 1 aliphatic heterocycles. The minimum absolute atomic E-state index is 0.349. The fourth-order valence-electron chi connectivity index (χ4n) is 5.78. The van der Waals surface area contributed by atoms with Gasteiger partial charge in [0.15, 0.2) is 0 Å². The van der Waals surface area contributed by atoms with E-state index in [4.69, 9.17) is 5.73 Å². The molecule has 202 valence electrons. The molecule has 6 heteroatoms. The number of aromatic amines is 2. The van der Waals surface area contributed by atoms with Crippen molar-refractivity contribution in [3.8, 4) is 22.5 Å². The Morgan fingerprint density at radius 2 is 1.88 bits per heavy atom. The number of hydrogen-bond acceptors (Lipinski definition) is 3. The SMILES string of the molecule is C=C/C(=C\C(=C/C)c1ccc2[nH]nc(-c3cc4c(-c5cc(N)cc(F)c5)cccc4[nH]3)c2c1)CN1CCCCC1. The Kier molecular flexibility index (Phi) is 7.10. The Hall–Kier alpha value is -4.42. The van der Waals surface area contributed by atoms with Crippen LogP contribution < -0.4 is 5.73 Å². The minimum Gasteiger partial charge on any atom is -0.399 e. The van der Waals surface area contributed by atoms with Crippen LogP contribution in [-0.4, -0.2) is 39.7 Å². The maximum absolute atomic E-state index is 14.1. The first-order valence-corrected chi connectivity index (χ1v) is 13.9. The average Bonchev–Trinajstić information content (AvgIpc) is 3.59. The molecule has 6 rings (SSSR count). The number of nitrogens with two attached hydrogens (primary N) is 1. The van der Waals surface area contributed by atoms with Crippen molar-refractivity contribution in [1.82, 2.24) is 20.1 Å². The summed E-state index contributed by atoms with van der Waals surface area (Å²) in [5.74, 6) is -0.349. The quantitative estimate of drug-likeness (QED) is 0.147. The fourth-order valence-corrected chi connectivity index (χ4v) is 5.78. The molecule has 3 aromatic carbocycles. The van der Waals surface area contributed by atoms with E-state index in [2.05, 4.69) is 70.0 Å². The number of piperidine rings is 1. The number of H-pyrrole nitrogens is 2. The summed E-state index contributed by atoms with van der Waals surface area (Å²) in [7, 11) is 0. The largest absolute Gasteiger partial charge is 0.399 e. The number of hydrogen-bond donors (Lipinski definition) is 3. The van der Waals surface area contributed by atoms with Crippen molar-refractivity contribution in [2.45, 2.75) is 26.2 Å². The topological polar surface area (TPSA) is 73.7 Å². The summed E-state index contributed by atoms with van der Waals surface area (Å²) in [5, 5.41) is 9.89. The van der Waals surface area contributed by atoms with E-state index in [0.717, 1.165) is 75.1 Å². The summed E-state index contributed by atoms with van der Waals surface area (Å²) in [6, 6.07) is 19.1. The summed E-state index contributed by atoms with van der Waals surface area (Å²) in [6.45, 7) is 9.40. The molecule has 0 spiro atoms.